The molecule has 1 amide bonds. The number of carbonyl (C=O) groups excluding carboxylic acids is 1. The van der Waals surface area contributed by atoms with E-state index in [1.165, 1.54) is 30.5 Å². The highest BCUT2D eigenvalue weighted by atomic mass is 79.9. The first-order valence-corrected chi connectivity index (χ1v) is 8.92. The summed E-state index contributed by atoms with van der Waals surface area (Å²) in [5, 5.41) is 3.01. The summed E-state index contributed by atoms with van der Waals surface area (Å²) in [5.41, 5.74) is 0.581. The van der Waals surface area contributed by atoms with Gasteiger partial charge in [-0.1, -0.05) is 11.6 Å². The van der Waals surface area contributed by atoms with Crippen molar-refractivity contribution in [3.63, 3.8) is 0 Å². The van der Waals surface area contributed by atoms with E-state index in [2.05, 4.69) is 26.2 Å². The van der Waals surface area contributed by atoms with E-state index in [-0.39, 0.29) is 15.1 Å². The molecule has 5 nitrogen and oxygen atoms in total. The molecule has 0 radical (unpaired) electrons. The third-order valence-corrected chi connectivity index (χ3v) is 4.93. The van der Waals surface area contributed by atoms with Crippen LogP contribution in [0, 0.1) is 0 Å². The van der Waals surface area contributed by atoms with Gasteiger partial charge in [0, 0.05) is 27.0 Å². The fraction of sp³-hybridized carbons (Fsp3) is 0. The maximum absolute atomic E-state index is 11.9. The zero-order valence-electron chi connectivity index (χ0n) is 10.2. The van der Waals surface area contributed by atoms with Gasteiger partial charge in [0.25, 0.3) is 15.0 Å². The molecule has 110 valence electrons. The van der Waals surface area contributed by atoms with Crippen LogP contribution >= 0.6 is 38.2 Å². The van der Waals surface area contributed by atoms with Gasteiger partial charge in [-0.3, -0.25) is 4.79 Å². The number of nitrogens with one attached hydrogen (secondary N) is 1. The third-order valence-electron chi connectivity index (χ3n) is 2.41. The molecule has 1 aromatic heterocycles. The van der Waals surface area contributed by atoms with E-state index in [4.69, 9.17) is 22.3 Å². The summed E-state index contributed by atoms with van der Waals surface area (Å²) in [4.78, 5) is 15.7. The Hall–Kier alpha value is -1.15. The van der Waals surface area contributed by atoms with Crippen LogP contribution in [0.3, 0.4) is 0 Å². The van der Waals surface area contributed by atoms with Gasteiger partial charge in [0.05, 0.1) is 9.92 Å². The molecule has 1 N–H and O–H groups in total. The lowest BCUT2D eigenvalue weighted by atomic mass is 10.3. The van der Waals surface area contributed by atoms with Crippen LogP contribution in [0.4, 0.5) is 5.69 Å². The molecule has 0 saturated heterocycles. The molecule has 0 saturated carbocycles. The second-order valence-electron chi connectivity index (χ2n) is 3.90. The van der Waals surface area contributed by atoms with Crippen LogP contribution in [-0.2, 0) is 9.05 Å². The van der Waals surface area contributed by atoms with Crippen molar-refractivity contribution >= 4 is 58.9 Å². The highest BCUT2D eigenvalue weighted by Gasteiger charge is 2.15. The number of anilines is 1. The fourth-order valence-corrected chi connectivity index (χ4v) is 3.82. The molecule has 2 rings (SSSR count). The van der Waals surface area contributed by atoms with E-state index in [0.29, 0.717) is 10.7 Å². The maximum atomic E-state index is 11.9. The lowest BCUT2D eigenvalue weighted by Gasteiger charge is -2.07. The predicted octanol–water partition coefficient (Wildman–Crippen LogP) is 3.68. The van der Waals surface area contributed by atoms with E-state index in [1.54, 1.807) is 6.07 Å². The Morgan fingerprint density at radius 3 is 2.48 bits per heavy atom. The number of benzene rings is 1. The van der Waals surface area contributed by atoms with Crippen molar-refractivity contribution in [2.24, 2.45) is 0 Å². The average molecular weight is 410 g/mol. The predicted molar refractivity (Wildman–Crippen MR) is 84.4 cm³/mol. The molecule has 0 aliphatic carbocycles. The van der Waals surface area contributed by atoms with Crippen molar-refractivity contribution in [1.29, 1.82) is 0 Å². The molecule has 0 spiro atoms. The minimum absolute atomic E-state index is 0.0771. The fourth-order valence-electron chi connectivity index (χ4n) is 1.48. The Kier molecular flexibility index (Phi) is 4.88. The first-order valence-electron chi connectivity index (χ1n) is 5.44. The molecule has 0 aliphatic rings. The van der Waals surface area contributed by atoms with Gasteiger partial charge in [0.1, 0.15) is 5.69 Å². The van der Waals surface area contributed by atoms with Crippen LogP contribution in [0.2, 0.25) is 5.02 Å². The molecule has 0 aliphatic heterocycles. The average Bonchev–Trinajstić information content (AvgIpc) is 2.37. The number of hydrogen-bond acceptors (Lipinski definition) is 4. The van der Waals surface area contributed by atoms with Gasteiger partial charge >= 0.3 is 0 Å². The first-order chi connectivity index (χ1) is 9.77. The van der Waals surface area contributed by atoms with E-state index in [9.17, 15) is 13.2 Å². The van der Waals surface area contributed by atoms with Crippen molar-refractivity contribution in [1.82, 2.24) is 4.98 Å². The Labute approximate surface area is 138 Å². The van der Waals surface area contributed by atoms with Gasteiger partial charge < -0.3 is 5.32 Å². The van der Waals surface area contributed by atoms with E-state index in [1.807, 2.05) is 0 Å². The quantitative estimate of drug-likeness (QED) is 0.784. The van der Waals surface area contributed by atoms with E-state index in [0.717, 1.165) is 0 Å². The second kappa shape index (κ2) is 6.31. The van der Waals surface area contributed by atoms with Crippen LogP contribution in [0.25, 0.3) is 0 Å². The summed E-state index contributed by atoms with van der Waals surface area (Å²) in [6.07, 6.45) is 1.36. The molecular formula is C12H7BrCl2N2O3S. The number of aromatic nitrogens is 1. The Morgan fingerprint density at radius 2 is 1.95 bits per heavy atom. The summed E-state index contributed by atoms with van der Waals surface area (Å²) in [6.45, 7) is 0. The zero-order chi connectivity index (χ0) is 15.6. The monoisotopic (exact) mass is 408 g/mol. The third kappa shape index (κ3) is 4.16. The van der Waals surface area contributed by atoms with Gasteiger partial charge in [0.2, 0.25) is 0 Å². The number of amides is 1. The van der Waals surface area contributed by atoms with E-state index < -0.39 is 15.0 Å². The maximum Gasteiger partial charge on any atom is 0.274 e. The van der Waals surface area contributed by atoms with E-state index >= 15 is 0 Å². The Balaban J connectivity index is 2.22. The highest BCUT2D eigenvalue weighted by Crippen LogP contribution is 2.28. The number of pyridine rings is 1. The first kappa shape index (κ1) is 16.2. The van der Waals surface area contributed by atoms with Crippen LogP contribution in [0.15, 0.2) is 45.9 Å². The molecule has 21 heavy (non-hydrogen) atoms. The molecular weight excluding hydrogens is 403 g/mol. The number of hydrogen-bond donors (Lipinski definition) is 1. The molecule has 0 bridgehead atoms. The van der Waals surface area contributed by atoms with Gasteiger partial charge in [-0.05, 0) is 46.3 Å². The standard InChI is InChI=1S/C12H7BrCl2N2O3S/c13-9-5-8(2-4-11(9)21(15,19)20)17-12(18)10-3-1-7(14)6-16-10/h1-6H,(H,17,18). The summed E-state index contributed by atoms with van der Waals surface area (Å²) in [6, 6.07) is 7.17. The van der Waals surface area contributed by atoms with Crippen LogP contribution in [0.1, 0.15) is 10.5 Å². The van der Waals surface area contributed by atoms with Crippen molar-refractivity contribution in [2.45, 2.75) is 4.90 Å². The lowest BCUT2D eigenvalue weighted by Crippen LogP contribution is -2.13. The molecule has 1 heterocycles. The molecule has 9 heteroatoms. The normalized spacial score (nSPS) is 11.2. The molecule has 0 fully saturated rings. The Bertz CT molecular complexity index is 795. The van der Waals surface area contributed by atoms with Gasteiger partial charge in [0.15, 0.2) is 0 Å². The number of carbonyl (C=O) groups is 1. The Morgan fingerprint density at radius 1 is 1.24 bits per heavy atom. The minimum atomic E-state index is -3.85. The summed E-state index contributed by atoms with van der Waals surface area (Å²) in [5.74, 6) is -0.444. The van der Waals surface area contributed by atoms with Crippen molar-refractivity contribution in [3.05, 3.63) is 51.7 Å². The second-order valence-corrected chi connectivity index (χ2v) is 7.72. The van der Waals surface area contributed by atoms with Crippen LogP contribution in [-0.4, -0.2) is 19.3 Å². The summed E-state index contributed by atoms with van der Waals surface area (Å²) < 4.78 is 22.8. The zero-order valence-corrected chi connectivity index (χ0v) is 14.1. The minimum Gasteiger partial charge on any atom is -0.321 e. The molecule has 1 aromatic carbocycles. The van der Waals surface area contributed by atoms with Crippen LogP contribution < -0.4 is 5.32 Å². The number of nitrogens with zero attached hydrogens (tertiary/aromatic N) is 1. The summed E-state index contributed by atoms with van der Waals surface area (Å²) >= 11 is 8.78. The smallest absolute Gasteiger partial charge is 0.274 e. The topological polar surface area (TPSA) is 76.1 Å². The van der Waals surface area contributed by atoms with Gasteiger partial charge in [-0.15, -0.1) is 0 Å². The van der Waals surface area contributed by atoms with Gasteiger partial charge in [-0.25, -0.2) is 13.4 Å². The summed E-state index contributed by atoms with van der Waals surface area (Å²) in [7, 11) is 1.41. The molecule has 0 atom stereocenters. The number of halogens is 3. The van der Waals surface area contributed by atoms with Crippen molar-refractivity contribution < 1.29 is 13.2 Å². The van der Waals surface area contributed by atoms with Crippen molar-refractivity contribution in [2.75, 3.05) is 5.32 Å². The lowest BCUT2D eigenvalue weighted by molar-refractivity contribution is 0.102. The molecule has 0 unspecified atom stereocenters. The van der Waals surface area contributed by atoms with Crippen molar-refractivity contribution in [3.8, 4) is 0 Å². The SMILES string of the molecule is O=C(Nc1ccc(S(=O)(=O)Cl)c(Br)c1)c1ccc(Cl)cn1. The van der Waals surface area contributed by atoms with Crippen LogP contribution in [0.5, 0.6) is 0 Å². The highest BCUT2D eigenvalue weighted by molar-refractivity contribution is 9.10. The molecule has 2 aromatic rings. The van der Waals surface area contributed by atoms with Gasteiger partial charge in [-0.2, -0.15) is 0 Å². The number of rotatable bonds is 3. The largest absolute Gasteiger partial charge is 0.321 e.